The number of ether oxygens (including phenoxy) is 1. The van der Waals surface area contributed by atoms with Gasteiger partial charge in [-0.3, -0.25) is 4.79 Å². The van der Waals surface area contributed by atoms with Crippen LogP contribution in [0.4, 0.5) is 5.00 Å². The van der Waals surface area contributed by atoms with Crippen LogP contribution < -0.4 is 5.32 Å². The first kappa shape index (κ1) is 20.2. The van der Waals surface area contributed by atoms with Gasteiger partial charge in [-0.15, -0.1) is 11.3 Å². The summed E-state index contributed by atoms with van der Waals surface area (Å²) in [6.45, 7) is 5.82. The van der Waals surface area contributed by atoms with Crippen LogP contribution in [-0.4, -0.2) is 18.0 Å². The van der Waals surface area contributed by atoms with E-state index in [1.807, 2.05) is 13.8 Å². The first-order valence-electron chi connectivity index (χ1n) is 8.88. The number of hydrogen-bond donors (Lipinski definition) is 1. The minimum atomic E-state index is -0.394. The molecule has 4 nitrogen and oxygen atoms in total. The predicted molar refractivity (Wildman–Crippen MR) is 110 cm³/mol. The lowest BCUT2D eigenvalue weighted by molar-refractivity contribution is 0.0378. The second kappa shape index (κ2) is 8.21. The van der Waals surface area contributed by atoms with Crippen LogP contribution in [0.2, 0.25) is 10.0 Å². The molecule has 0 unspecified atom stereocenters. The van der Waals surface area contributed by atoms with E-state index in [1.54, 1.807) is 12.1 Å². The van der Waals surface area contributed by atoms with Crippen LogP contribution in [0.1, 0.15) is 58.3 Å². The molecule has 1 atom stereocenters. The summed E-state index contributed by atoms with van der Waals surface area (Å²) in [5, 5.41) is 4.11. The molecule has 7 heteroatoms. The summed E-state index contributed by atoms with van der Waals surface area (Å²) in [5.74, 6) is -0.212. The van der Waals surface area contributed by atoms with Crippen molar-refractivity contribution in [2.45, 2.75) is 46.1 Å². The third-order valence-electron chi connectivity index (χ3n) is 4.46. The number of esters is 1. The van der Waals surface area contributed by atoms with Crippen LogP contribution in [-0.2, 0) is 17.6 Å². The molecule has 1 N–H and O–H groups in total. The maximum atomic E-state index is 12.7. The van der Waals surface area contributed by atoms with E-state index in [4.69, 9.17) is 27.9 Å². The number of carbonyl (C=O) groups excluding carboxylic acids is 2. The highest BCUT2D eigenvalue weighted by atomic mass is 35.5. The van der Waals surface area contributed by atoms with Crippen LogP contribution in [0, 0.1) is 5.92 Å². The number of thiophene rings is 1. The highest BCUT2D eigenvalue weighted by Gasteiger charge is 2.30. The number of rotatable bonds is 4. The van der Waals surface area contributed by atoms with Crippen LogP contribution in [0.15, 0.2) is 18.2 Å². The molecular formula is C20H21Cl2NO3S. The third-order valence-corrected chi connectivity index (χ3v) is 6.18. The number of hydrogen-bond acceptors (Lipinski definition) is 4. The fraction of sp³-hybridized carbons (Fsp3) is 0.400. The van der Waals surface area contributed by atoms with Gasteiger partial charge in [0.25, 0.3) is 5.91 Å². The molecule has 2 aromatic rings. The molecule has 0 bridgehead atoms. The Balaban J connectivity index is 1.96. The Labute approximate surface area is 172 Å². The SMILES string of the molecule is CC(C)OC(=O)c1c(NC(=O)c2ccc(Cl)cc2Cl)sc2c1CC[C@H](C)C2. The molecular weight excluding hydrogens is 405 g/mol. The molecule has 1 aliphatic carbocycles. The average molecular weight is 426 g/mol. The molecule has 1 amide bonds. The van der Waals surface area contributed by atoms with Gasteiger partial charge in [-0.1, -0.05) is 30.1 Å². The first-order chi connectivity index (χ1) is 12.8. The second-order valence-corrected chi connectivity index (χ2v) is 9.04. The van der Waals surface area contributed by atoms with Gasteiger partial charge in [-0.25, -0.2) is 4.79 Å². The normalized spacial score (nSPS) is 16.1. The maximum absolute atomic E-state index is 12.7. The van der Waals surface area contributed by atoms with E-state index in [1.165, 1.54) is 17.4 Å². The lowest BCUT2D eigenvalue weighted by Crippen LogP contribution is -2.18. The summed E-state index contributed by atoms with van der Waals surface area (Å²) in [6, 6.07) is 4.70. The molecule has 0 saturated heterocycles. The minimum absolute atomic E-state index is 0.232. The molecule has 0 fully saturated rings. The molecule has 1 aliphatic rings. The largest absolute Gasteiger partial charge is 0.459 e. The van der Waals surface area contributed by atoms with E-state index in [0.717, 1.165) is 29.7 Å². The summed E-state index contributed by atoms with van der Waals surface area (Å²) in [7, 11) is 0. The van der Waals surface area contributed by atoms with Gasteiger partial charge in [0.2, 0.25) is 0 Å². The average Bonchev–Trinajstić information content (AvgIpc) is 2.90. The lowest BCUT2D eigenvalue weighted by Gasteiger charge is -2.18. The smallest absolute Gasteiger partial charge is 0.341 e. The van der Waals surface area contributed by atoms with E-state index >= 15 is 0 Å². The topological polar surface area (TPSA) is 55.4 Å². The number of nitrogens with one attached hydrogen (secondary N) is 1. The van der Waals surface area contributed by atoms with Crippen molar-refractivity contribution < 1.29 is 14.3 Å². The number of fused-ring (bicyclic) bond motifs is 1. The zero-order valence-electron chi connectivity index (χ0n) is 15.4. The van der Waals surface area contributed by atoms with Crippen LogP contribution in [0.5, 0.6) is 0 Å². The molecule has 0 spiro atoms. The Kier molecular flexibility index (Phi) is 6.14. The third kappa shape index (κ3) is 4.48. The molecule has 3 rings (SSSR count). The Hall–Kier alpha value is -1.56. The van der Waals surface area contributed by atoms with Crippen molar-refractivity contribution in [2.24, 2.45) is 5.92 Å². The second-order valence-electron chi connectivity index (χ2n) is 7.09. The van der Waals surface area contributed by atoms with Crippen molar-refractivity contribution in [1.82, 2.24) is 0 Å². The van der Waals surface area contributed by atoms with Crippen LogP contribution in [0.25, 0.3) is 0 Å². The number of benzene rings is 1. The van der Waals surface area contributed by atoms with Gasteiger partial charge < -0.3 is 10.1 Å². The van der Waals surface area contributed by atoms with E-state index in [2.05, 4.69) is 12.2 Å². The maximum Gasteiger partial charge on any atom is 0.341 e. The van der Waals surface area contributed by atoms with Gasteiger partial charge in [0, 0.05) is 9.90 Å². The Morgan fingerprint density at radius 1 is 1.30 bits per heavy atom. The Morgan fingerprint density at radius 3 is 2.70 bits per heavy atom. The number of halogens is 2. The summed E-state index contributed by atoms with van der Waals surface area (Å²) in [5.41, 5.74) is 1.79. The van der Waals surface area contributed by atoms with Crippen molar-refractivity contribution in [2.75, 3.05) is 5.32 Å². The summed E-state index contributed by atoms with van der Waals surface area (Å²) in [4.78, 5) is 26.6. The van der Waals surface area contributed by atoms with E-state index in [0.29, 0.717) is 27.1 Å². The highest BCUT2D eigenvalue weighted by Crippen LogP contribution is 2.40. The van der Waals surface area contributed by atoms with E-state index in [9.17, 15) is 9.59 Å². The fourth-order valence-electron chi connectivity index (χ4n) is 3.17. The first-order valence-corrected chi connectivity index (χ1v) is 10.5. The van der Waals surface area contributed by atoms with Gasteiger partial charge in [-0.2, -0.15) is 0 Å². The lowest BCUT2D eigenvalue weighted by atomic mass is 9.88. The quantitative estimate of drug-likeness (QED) is 0.611. The van der Waals surface area contributed by atoms with Crippen molar-refractivity contribution in [3.63, 3.8) is 0 Å². The molecule has 1 aromatic heterocycles. The van der Waals surface area contributed by atoms with Crippen molar-refractivity contribution in [3.05, 3.63) is 49.8 Å². The Morgan fingerprint density at radius 2 is 2.04 bits per heavy atom. The zero-order valence-corrected chi connectivity index (χ0v) is 17.7. The van der Waals surface area contributed by atoms with Crippen molar-refractivity contribution >= 4 is 51.4 Å². The molecule has 1 heterocycles. The summed E-state index contributed by atoms with van der Waals surface area (Å²) in [6.07, 6.45) is 2.50. The van der Waals surface area contributed by atoms with Gasteiger partial charge >= 0.3 is 5.97 Å². The molecule has 144 valence electrons. The predicted octanol–water partition coefficient (Wildman–Crippen LogP) is 6.00. The molecule has 1 aromatic carbocycles. The molecule has 0 aliphatic heterocycles. The Bertz CT molecular complexity index is 892. The van der Waals surface area contributed by atoms with E-state index in [-0.39, 0.29) is 17.0 Å². The standard InChI is InChI=1S/C20H21Cl2NO3S/c1-10(2)26-20(25)17-14-6-4-11(3)8-16(14)27-19(17)23-18(24)13-7-5-12(21)9-15(13)22/h5,7,9-11H,4,6,8H2,1-3H3,(H,23,24)/t11-/m0/s1. The fourth-order valence-corrected chi connectivity index (χ4v) is 5.06. The summed E-state index contributed by atoms with van der Waals surface area (Å²) < 4.78 is 5.43. The monoisotopic (exact) mass is 425 g/mol. The van der Waals surface area contributed by atoms with Crippen molar-refractivity contribution in [1.29, 1.82) is 0 Å². The van der Waals surface area contributed by atoms with Gasteiger partial charge in [-0.05, 0) is 62.8 Å². The van der Waals surface area contributed by atoms with E-state index < -0.39 is 5.97 Å². The van der Waals surface area contributed by atoms with Crippen LogP contribution >= 0.6 is 34.5 Å². The van der Waals surface area contributed by atoms with Gasteiger partial charge in [0.1, 0.15) is 5.00 Å². The number of carbonyl (C=O) groups is 2. The van der Waals surface area contributed by atoms with Gasteiger partial charge in [0.05, 0.1) is 22.3 Å². The molecule has 0 radical (unpaired) electrons. The van der Waals surface area contributed by atoms with Crippen molar-refractivity contribution in [3.8, 4) is 0 Å². The minimum Gasteiger partial charge on any atom is -0.459 e. The van der Waals surface area contributed by atoms with Crippen LogP contribution in [0.3, 0.4) is 0 Å². The zero-order chi connectivity index (χ0) is 19.7. The molecule has 27 heavy (non-hydrogen) atoms. The number of amides is 1. The van der Waals surface area contributed by atoms with Gasteiger partial charge in [0.15, 0.2) is 0 Å². The molecule has 0 saturated carbocycles. The summed E-state index contributed by atoms with van der Waals surface area (Å²) >= 11 is 13.5. The highest BCUT2D eigenvalue weighted by molar-refractivity contribution is 7.17. The number of anilines is 1.